The molecule has 0 aliphatic carbocycles. The van der Waals surface area contributed by atoms with E-state index in [1.54, 1.807) is 27.9 Å². The molecule has 11 nitrogen and oxygen atoms in total. The molecule has 0 aliphatic heterocycles. The number of rotatable bonds is 6. The zero-order valence-corrected chi connectivity index (χ0v) is 23.5. The second-order valence-corrected chi connectivity index (χ2v) is 11.1. The molecule has 0 radical (unpaired) electrons. The summed E-state index contributed by atoms with van der Waals surface area (Å²) in [7, 11) is -17.4. The van der Waals surface area contributed by atoms with Crippen LogP contribution in [-0.2, 0) is 46.7 Å². The molecule has 1 aromatic carbocycles. The zero-order chi connectivity index (χ0) is 34.4. The Labute approximate surface area is 244 Å². The largest absolute Gasteiger partial charge is 0.673 e. The van der Waals surface area contributed by atoms with Gasteiger partial charge in [0, 0.05) is 0 Å². The maximum atomic E-state index is 11.4. The van der Waals surface area contributed by atoms with Crippen LogP contribution in [0.3, 0.4) is 0 Å². The number of alkyl halides is 6. The van der Waals surface area contributed by atoms with E-state index < -0.39 is 38.3 Å². The van der Waals surface area contributed by atoms with E-state index in [0.717, 1.165) is 10.7 Å². The molecule has 44 heavy (non-hydrogen) atoms. The lowest BCUT2D eigenvalue weighted by Crippen LogP contribution is -2.30. The number of benzene rings is 1. The van der Waals surface area contributed by atoms with Crippen LogP contribution >= 0.6 is 0 Å². The molecule has 3 rings (SSSR count). The normalized spacial score (nSPS) is 11.8. The van der Waals surface area contributed by atoms with Gasteiger partial charge >= 0.3 is 18.3 Å². The number of hydrogen-bond acceptors (Lipinski definition) is 6. The number of nitrogens with zero attached hydrogens (tertiary/aromatic N) is 7. The van der Waals surface area contributed by atoms with E-state index in [-0.39, 0.29) is 0 Å². The Bertz CT molecular complexity index is 1530. The van der Waals surface area contributed by atoms with E-state index >= 15 is 0 Å². The monoisotopic (exact) mass is 687 g/mol. The predicted octanol–water partition coefficient (Wildman–Crippen LogP) is 3.54. The van der Waals surface area contributed by atoms with E-state index in [9.17, 15) is 60.4 Å². The molecule has 0 saturated heterocycles. The van der Waals surface area contributed by atoms with Crippen molar-refractivity contribution in [2.45, 2.75) is 30.7 Å². The third-order valence-electron chi connectivity index (χ3n) is 4.07. The topological polar surface area (TPSA) is 148 Å². The second-order valence-electron chi connectivity index (χ2n) is 7.72. The molecule has 0 amide bonds. The van der Waals surface area contributed by atoms with Crippen molar-refractivity contribution in [3.05, 3.63) is 77.5 Å². The van der Waals surface area contributed by atoms with Crippen molar-refractivity contribution in [2.24, 2.45) is 7.05 Å². The van der Waals surface area contributed by atoms with Gasteiger partial charge in [-0.05, 0) is 5.56 Å². The minimum Gasteiger partial charge on any atom is -0.421 e. The number of halogens is 10. The highest BCUT2D eigenvalue weighted by Crippen LogP contribution is 2.36. The van der Waals surface area contributed by atoms with Crippen molar-refractivity contribution in [1.29, 1.82) is 10.5 Å². The first kappa shape index (κ1) is 39.8. The molecular weight excluding hydrogens is 667 g/mol. The van der Waals surface area contributed by atoms with Gasteiger partial charge in [0.2, 0.25) is 12.7 Å². The van der Waals surface area contributed by atoms with Crippen LogP contribution in [-0.4, -0.2) is 44.2 Å². The lowest BCUT2D eigenvalue weighted by atomic mass is 10.2. The molecule has 0 bridgehead atoms. The standard InChI is InChI=1S/C11H13N2.C7H7N4.C2F6NO4S2.BF4/c1-12-7-8-13(10-12)9-11-5-3-2-4-6-11;8-1-3-10-5-6-11(7-10)4-2-9;3-1(4,5)14(10,11)9-15(12,13)2(6,7)8;2-1(3,4)5/h2-8,10H,9H2,1H3;5-7H,3-4H2;;/q2*+1;2*-1. The van der Waals surface area contributed by atoms with E-state index in [1.165, 1.54) is 5.56 Å². The summed E-state index contributed by atoms with van der Waals surface area (Å²) in [6, 6.07) is 14.5. The Morgan fingerprint density at radius 2 is 1.30 bits per heavy atom. The van der Waals surface area contributed by atoms with Gasteiger partial charge in [-0.15, -0.1) is 0 Å². The summed E-state index contributed by atoms with van der Waals surface area (Å²) in [5, 5.41) is 16.6. The Morgan fingerprint density at radius 1 is 0.818 bits per heavy atom. The molecular formula is C20H20BF10N7O4S2. The highest BCUT2D eigenvalue weighted by molar-refractivity contribution is 8.13. The van der Waals surface area contributed by atoms with Gasteiger partial charge < -0.3 is 21.4 Å². The number of sulfonamides is 2. The van der Waals surface area contributed by atoms with Gasteiger partial charge in [-0.3, -0.25) is 0 Å². The van der Waals surface area contributed by atoms with Crippen LogP contribution < -0.4 is 9.13 Å². The Kier molecular flexibility index (Phi) is 15.1. The van der Waals surface area contributed by atoms with Gasteiger partial charge in [0.1, 0.15) is 43.5 Å². The first-order chi connectivity index (χ1) is 19.9. The van der Waals surface area contributed by atoms with Crippen LogP contribution in [0.15, 0.2) is 67.8 Å². The summed E-state index contributed by atoms with van der Waals surface area (Å²) in [6.07, 6.45) is 11.5. The van der Waals surface area contributed by atoms with Gasteiger partial charge in [-0.1, -0.05) is 30.3 Å². The predicted molar refractivity (Wildman–Crippen MR) is 130 cm³/mol. The van der Waals surface area contributed by atoms with Crippen molar-refractivity contribution in [3.8, 4) is 12.1 Å². The van der Waals surface area contributed by atoms with Crippen LogP contribution in [0.25, 0.3) is 4.13 Å². The Balaban J connectivity index is 0.000000589. The smallest absolute Gasteiger partial charge is 0.421 e. The van der Waals surface area contributed by atoms with Crippen molar-refractivity contribution >= 4 is 27.3 Å². The fourth-order valence-corrected chi connectivity index (χ4v) is 4.10. The fourth-order valence-electron chi connectivity index (χ4n) is 2.39. The molecule has 0 saturated carbocycles. The quantitative estimate of drug-likeness (QED) is 0.220. The highest BCUT2D eigenvalue weighted by Gasteiger charge is 2.46. The third-order valence-corrected chi connectivity index (χ3v) is 6.81. The van der Waals surface area contributed by atoms with Crippen molar-refractivity contribution < 1.29 is 69.6 Å². The maximum absolute atomic E-state index is 11.4. The van der Waals surface area contributed by atoms with Crippen LogP contribution in [0, 0.1) is 22.7 Å². The van der Waals surface area contributed by atoms with Crippen LogP contribution in [0.1, 0.15) is 5.56 Å². The molecule has 0 atom stereocenters. The van der Waals surface area contributed by atoms with Crippen molar-refractivity contribution in [3.63, 3.8) is 0 Å². The summed E-state index contributed by atoms with van der Waals surface area (Å²) in [5.41, 5.74) is -11.1. The minimum absolute atomic E-state index is 0.332. The van der Waals surface area contributed by atoms with E-state index in [2.05, 4.69) is 41.4 Å². The SMILES string of the molecule is C[n+]1ccn(Cc2ccccc2)c1.F[B-](F)(F)F.N#CCn1cc[n+](CC#N)c1.O=S(=O)([N-]S(=O)(=O)C(F)(F)F)C(F)(F)F. The number of hydrogen-bond donors (Lipinski definition) is 0. The van der Waals surface area contributed by atoms with Crippen molar-refractivity contribution in [1.82, 2.24) is 9.13 Å². The van der Waals surface area contributed by atoms with Gasteiger partial charge in [-0.2, -0.15) is 36.9 Å². The fraction of sp³-hybridized carbons (Fsp3) is 0.300. The highest BCUT2D eigenvalue weighted by atomic mass is 32.3. The maximum Gasteiger partial charge on any atom is 0.673 e. The van der Waals surface area contributed by atoms with Gasteiger partial charge in [0.05, 0.1) is 7.05 Å². The molecule has 0 fully saturated rings. The second kappa shape index (κ2) is 16.6. The molecule has 244 valence electrons. The molecule has 24 heteroatoms. The van der Waals surface area contributed by atoms with Gasteiger partial charge in [0.25, 0.3) is 0 Å². The lowest BCUT2D eigenvalue weighted by Gasteiger charge is -2.22. The molecule has 0 aliphatic rings. The molecule has 0 N–H and O–H groups in total. The Hall–Kier alpha value is -4.16. The van der Waals surface area contributed by atoms with E-state index in [1.807, 2.05) is 36.0 Å². The lowest BCUT2D eigenvalue weighted by molar-refractivity contribution is -0.684. The van der Waals surface area contributed by atoms with Crippen molar-refractivity contribution in [2.75, 3.05) is 0 Å². The number of aromatic nitrogens is 4. The van der Waals surface area contributed by atoms with E-state index in [0.29, 0.717) is 13.1 Å². The molecule has 0 spiro atoms. The van der Waals surface area contributed by atoms with Crippen LogP contribution in [0.5, 0.6) is 0 Å². The molecule has 0 unspecified atom stereocenters. The van der Waals surface area contributed by atoms with Gasteiger partial charge in [-0.25, -0.2) is 35.1 Å². The van der Waals surface area contributed by atoms with E-state index in [4.69, 9.17) is 10.5 Å². The summed E-state index contributed by atoms with van der Waals surface area (Å²) in [6.45, 7) is 1.61. The number of aryl methyl sites for hydroxylation is 1. The first-order valence-electron chi connectivity index (χ1n) is 11.0. The van der Waals surface area contributed by atoms with Crippen LogP contribution in [0.4, 0.5) is 43.6 Å². The number of imidazole rings is 2. The summed E-state index contributed by atoms with van der Waals surface area (Å²) in [4.78, 5) is 0. The van der Waals surface area contributed by atoms with Crippen LogP contribution in [0.2, 0.25) is 0 Å². The zero-order valence-electron chi connectivity index (χ0n) is 21.9. The average Bonchev–Trinajstić information content (AvgIpc) is 3.46. The summed E-state index contributed by atoms with van der Waals surface area (Å²) < 4.78 is 156. The first-order valence-corrected chi connectivity index (χ1v) is 13.9. The number of nitriles is 2. The summed E-state index contributed by atoms with van der Waals surface area (Å²) in [5.74, 6) is 0. The van der Waals surface area contributed by atoms with Gasteiger partial charge in [0.15, 0.2) is 33.1 Å². The molecule has 2 heterocycles. The Morgan fingerprint density at radius 3 is 1.68 bits per heavy atom. The summed E-state index contributed by atoms with van der Waals surface area (Å²) >= 11 is 0. The third kappa shape index (κ3) is 16.5. The molecule has 2 aromatic heterocycles. The average molecular weight is 687 g/mol. The minimum atomic E-state index is -6.72. The molecule has 3 aromatic rings.